The first-order valence-electron chi connectivity index (χ1n) is 8.47. The van der Waals surface area contributed by atoms with Crippen molar-refractivity contribution >= 4 is 21.8 Å². The molecule has 0 radical (unpaired) electrons. The summed E-state index contributed by atoms with van der Waals surface area (Å²) in [7, 11) is -3.79. The molecule has 1 heterocycles. The Morgan fingerprint density at radius 2 is 1.69 bits per heavy atom. The standard InChI is InChI=1S/C19H20N2O4S/c22-18(20-13-12-15-7-2-1-3-8-15)11-6-14-21-19(23)16-9-4-5-10-17(16)26(21,24)25/h1-5,7-10H,6,11-14H2,(H,20,22). The van der Waals surface area contributed by atoms with E-state index in [1.54, 1.807) is 12.1 Å². The van der Waals surface area contributed by atoms with Crippen molar-refractivity contribution in [1.29, 1.82) is 0 Å². The number of amides is 2. The second-order valence-electron chi connectivity index (χ2n) is 6.07. The largest absolute Gasteiger partial charge is 0.356 e. The average Bonchev–Trinajstić information content (AvgIpc) is 2.84. The van der Waals surface area contributed by atoms with Crippen LogP contribution in [0.1, 0.15) is 28.8 Å². The quantitative estimate of drug-likeness (QED) is 0.805. The first-order valence-corrected chi connectivity index (χ1v) is 9.91. The van der Waals surface area contributed by atoms with E-state index in [1.165, 1.54) is 12.1 Å². The third-order valence-electron chi connectivity index (χ3n) is 4.26. The Kier molecular flexibility index (Phi) is 5.37. The number of fused-ring (bicyclic) bond motifs is 1. The molecule has 2 aromatic rings. The van der Waals surface area contributed by atoms with E-state index in [9.17, 15) is 18.0 Å². The average molecular weight is 372 g/mol. The molecule has 0 saturated carbocycles. The molecule has 3 rings (SSSR count). The molecule has 0 aromatic heterocycles. The molecule has 0 fully saturated rings. The Morgan fingerprint density at radius 3 is 2.42 bits per heavy atom. The Bertz CT molecular complexity index is 910. The zero-order valence-electron chi connectivity index (χ0n) is 14.2. The number of sulfonamides is 1. The lowest BCUT2D eigenvalue weighted by molar-refractivity contribution is -0.121. The summed E-state index contributed by atoms with van der Waals surface area (Å²) in [5, 5.41) is 2.81. The number of carbonyl (C=O) groups is 2. The third-order valence-corrected chi connectivity index (χ3v) is 6.10. The van der Waals surface area contributed by atoms with Crippen LogP contribution in [-0.2, 0) is 21.2 Å². The maximum atomic E-state index is 12.4. The van der Waals surface area contributed by atoms with Crippen molar-refractivity contribution in [2.75, 3.05) is 13.1 Å². The minimum Gasteiger partial charge on any atom is -0.356 e. The number of nitrogens with zero attached hydrogens (tertiary/aromatic N) is 1. The predicted molar refractivity (Wildman–Crippen MR) is 97.1 cm³/mol. The zero-order valence-corrected chi connectivity index (χ0v) is 15.0. The fourth-order valence-electron chi connectivity index (χ4n) is 2.91. The van der Waals surface area contributed by atoms with Gasteiger partial charge in [0.05, 0.1) is 5.56 Å². The fraction of sp³-hybridized carbons (Fsp3) is 0.263. The van der Waals surface area contributed by atoms with Crippen molar-refractivity contribution in [3.63, 3.8) is 0 Å². The molecule has 7 heteroatoms. The van der Waals surface area contributed by atoms with Crippen molar-refractivity contribution in [2.45, 2.75) is 24.2 Å². The van der Waals surface area contributed by atoms with Crippen molar-refractivity contribution in [2.24, 2.45) is 0 Å². The van der Waals surface area contributed by atoms with E-state index >= 15 is 0 Å². The van der Waals surface area contributed by atoms with Crippen molar-refractivity contribution in [3.8, 4) is 0 Å². The molecule has 2 aromatic carbocycles. The van der Waals surface area contributed by atoms with Crippen molar-refractivity contribution in [1.82, 2.24) is 9.62 Å². The van der Waals surface area contributed by atoms with Gasteiger partial charge in [0, 0.05) is 19.5 Å². The minimum atomic E-state index is -3.79. The summed E-state index contributed by atoms with van der Waals surface area (Å²) < 4.78 is 25.7. The highest BCUT2D eigenvalue weighted by atomic mass is 32.2. The van der Waals surface area contributed by atoms with Crippen LogP contribution < -0.4 is 5.32 Å². The van der Waals surface area contributed by atoms with Gasteiger partial charge < -0.3 is 5.32 Å². The summed E-state index contributed by atoms with van der Waals surface area (Å²) in [6.45, 7) is 0.525. The van der Waals surface area contributed by atoms with Gasteiger partial charge in [-0.2, -0.15) is 0 Å². The highest BCUT2D eigenvalue weighted by Crippen LogP contribution is 2.29. The van der Waals surface area contributed by atoms with Gasteiger partial charge in [0.15, 0.2) is 0 Å². The molecule has 1 aliphatic heterocycles. The minimum absolute atomic E-state index is 0.00194. The van der Waals surface area contributed by atoms with Crippen LogP contribution in [0.2, 0.25) is 0 Å². The number of carbonyl (C=O) groups excluding carboxylic acids is 2. The molecule has 6 nitrogen and oxygen atoms in total. The van der Waals surface area contributed by atoms with Crippen molar-refractivity contribution < 1.29 is 18.0 Å². The molecule has 0 unspecified atom stereocenters. The molecule has 1 aliphatic rings. The number of rotatable bonds is 7. The predicted octanol–water partition coefficient (Wildman–Crippen LogP) is 1.97. The van der Waals surface area contributed by atoms with E-state index in [0.29, 0.717) is 6.54 Å². The van der Waals surface area contributed by atoms with Gasteiger partial charge in [-0.1, -0.05) is 42.5 Å². The number of nitrogens with one attached hydrogen (secondary N) is 1. The lowest BCUT2D eigenvalue weighted by Crippen LogP contribution is -2.32. The number of hydrogen-bond acceptors (Lipinski definition) is 4. The Balaban J connectivity index is 1.46. The maximum absolute atomic E-state index is 12.4. The van der Waals surface area contributed by atoms with Crippen LogP contribution in [0.25, 0.3) is 0 Å². The highest BCUT2D eigenvalue weighted by Gasteiger charge is 2.40. The topological polar surface area (TPSA) is 83.6 Å². The van der Waals surface area contributed by atoms with Crippen molar-refractivity contribution in [3.05, 3.63) is 65.7 Å². The summed E-state index contributed by atoms with van der Waals surface area (Å²) in [5.74, 6) is -0.674. The molecule has 136 valence electrons. The van der Waals surface area contributed by atoms with E-state index in [-0.39, 0.29) is 35.8 Å². The summed E-state index contributed by atoms with van der Waals surface area (Å²) in [4.78, 5) is 24.2. The van der Waals surface area contributed by atoms with Gasteiger partial charge in [0.1, 0.15) is 4.90 Å². The van der Waals surface area contributed by atoms with Gasteiger partial charge in [-0.05, 0) is 30.5 Å². The second kappa shape index (κ2) is 7.70. The van der Waals surface area contributed by atoms with Crippen LogP contribution in [0.15, 0.2) is 59.5 Å². The number of benzene rings is 2. The van der Waals surface area contributed by atoms with Crippen LogP contribution in [-0.4, -0.2) is 37.6 Å². The monoisotopic (exact) mass is 372 g/mol. The van der Waals surface area contributed by atoms with E-state index in [0.717, 1.165) is 16.3 Å². The summed E-state index contributed by atoms with van der Waals surface area (Å²) in [6, 6.07) is 16.0. The van der Waals surface area contributed by atoms with Gasteiger partial charge in [0.2, 0.25) is 5.91 Å². The molecule has 26 heavy (non-hydrogen) atoms. The number of hydrogen-bond donors (Lipinski definition) is 1. The molecular weight excluding hydrogens is 352 g/mol. The lowest BCUT2D eigenvalue weighted by atomic mass is 10.1. The summed E-state index contributed by atoms with van der Waals surface area (Å²) in [5.41, 5.74) is 1.33. The summed E-state index contributed by atoms with van der Waals surface area (Å²) >= 11 is 0. The molecule has 0 saturated heterocycles. The van der Waals surface area contributed by atoms with Gasteiger partial charge in [-0.25, -0.2) is 12.7 Å². The summed E-state index contributed by atoms with van der Waals surface area (Å²) in [6.07, 6.45) is 1.20. The van der Waals surface area contributed by atoms with E-state index in [1.807, 2.05) is 30.3 Å². The molecule has 0 spiro atoms. The first kappa shape index (κ1) is 18.1. The van der Waals surface area contributed by atoms with Gasteiger partial charge in [-0.15, -0.1) is 0 Å². The van der Waals surface area contributed by atoms with Gasteiger partial charge >= 0.3 is 0 Å². The maximum Gasteiger partial charge on any atom is 0.269 e. The fourth-order valence-corrected chi connectivity index (χ4v) is 4.52. The SMILES string of the molecule is O=C(CCCN1C(=O)c2ccccc2S1(=O)=O)NCCc1ccccc1. The third kappa shape index (κ3) is 3.77. The van der Waals surface area contributed by atoms with Crippen LogP contribution >= 0.6 is 0 Å². The Hall–Kier alpha value is -2.67. The van der Waals surface area contributed by atoms with Crippen LogP contribution in [0.3, 0.4) is 0 Å². The molecule has 0 aliphatic carbocycles. The lowest BCUT2D eigenvalue weighted by Gasteiger charge is -2.14. The first-order chi connectivity index (χ1) is 12.5. The normalized spacial score (nSPS) is 14.9. The second-order valence-corrected chi connectivity index (χ2v) is 7.90. The molecule has 1 N–H and O–H groups in total. The highest BCUT2D eigenvalue weighted by molar-refractivity contribution is 7.90. The van der Waals surface area contributed by atoms with Crippen LogP contribution in [0.5, 0.6) is 0 Å². The van der Waals surface area contributed by atoms with Gasteiger partial charge in [0.25, 0.3) is 15.9 Å². The van der Waals surface area contributed by atoms with Gasteiger partial charge in [-0.3, -0.25) is 9.59 Å². The Labute approximate surface area is 152 Å². The molecule has 2 amide bonds. The zero-order chi connectivity index (χ0) is 18.6. The smallest absolute Gasteiger partial charge is 0.269 e. The van der Waals surface area contributed by atoms with E-state index in [2.05, 4.69) is 5.32 Å². The molecular formula is C19H20N2O4S. The van der Waals surface area contributed by atoms with Crippen LogP contribution in [0, 0.1) is 0 Å². The van der Waals surface area contributed by atoms with E-state index in [4.69, 9.17) is 0 Å². The van der Waals surface area contributed by atoms with E-state index < -0.39 is 15.9 Å². The molecule has 0 bridgehead atoms. The van der Waals surface area contributed by atoms with Crippen LogP contribution in [0.4, 0.5) is 0 Å². The molecule has 0 atom stereocenters. The Morgan fingerprint density at radius 1 is 1.00 bits per heavy atom.